The molecule has 0 aromatic carbocycles. The first-order chi connectivity index (χ1) is 10.5. The van der Waals surface area contributed by atoms with Gasteiger partial charge in [-0.2, -0.15) is 20.0 Å². The van der Waals surface area contributed by atoms with E-state index in [1.807, 2.05) is 6.07 Å². The third-order valence-electron chi connectivity index (χ3n) is 2.86. The monoisotopic (exact) mass is 293 g/mol. The van der Waals surface area contributed by atoms with Crippen molar-refractivity contribution < 1.29 is 4.39 Å². The smallest absolute Gasteiger partial charge is 0.220 e. The summed E-state index contributed by atoms with van der Waals surface area (Å²) in [5.41, 5.74) is 2.45. The molecule has 0 atom stereocenters. The highest BCUT2D eigenvalue weighted by Crippen LogP contribution is 2.16. The predicted octanol–water partition coefficient (Wildman–Crippen LogP) is 2.64. The Labute approximate surface area is 127 Å². The summed E-state index contributed by atoms with van der Waals surface area (Å²) < 4.78 is 13.7. The lowest BCUT2D eigenvalue weighted by Gasteiger charge is -2.01. The predicted molar refractivity (Wildman–Crippen MR) is 80.5 cm³/mol. The number of hydrogen-bond donors (Lipinski definition) is 1. The summed E-state index contributed by atoms with van der Waals surface area (Å²) in [4.78, 5) is 3.77. The number of nitrogens with zero attached hydrogens (tertiary/aromatic N) is 4. The van der Waals surface area contributed by atoms with Crippen molar-refractivity contribution in [2.75, 3.05) is 0 Å². The van der Waals surface area contributed by atoms with Gasteiger partial charge in [-0.15, -0.1) is 5.10 Å². The van der Waals surface area contributed by atoms with Crippen LogP contribution in [0.15, 0.2) is 24.8 Å². The fourth-order valence-corrected chi connectivity index (χ4v) is 1.71. The summed E-state index contributed by atoms with van der Waals surface area (Å²) >= 11 is 0. The number of allylic oxidation sites excluding steroid dienone is 3. The second-order valence-electron chi connectivity index (χ2n) is 4.50. The van der Waals surface area contributed by atoms with Gasteiger partial charge in [-0.25, -0.2) is 4.98 Å². The Balaban J connectivity index is 2.22. The van der Waals surface area contributed by atoms with Crippen LogP contribution >= 0.6 is 0 Å². The third-order valence-corrected chi connectivity index (χ3v) is 2.86. The highest BCUT2D eigenvalue weighted by Gasteiger charge is 2.08. The lowest BCUT2D eigenvalue weighted by molar-refractivity contribution is 0.576. The minimum absolute atomic E-state index is 0.133. The maximum atomic E-state index is 13.7. The van der Waals surface area contributed by atoms with Gasteiger partial charge in [-0.05, 0) is 37.6 Å². The van der Waals surface area contributed by atoms with Gasteiger partial charge in [-0.1, -0.05) is 18.4 Å². The molecule has 2 aromatic heterocycles. The Bertz CT molecular complexity index is 859. The van der Waals surface area contributed by atoms with Gasteiger partial charge in [0.25, 0.3) is 0 Å². The lowest BCUT2D eigenvalue weighted by atomic mass is 10.1. The average Bonchev–Trinajstić information content (AvgIpc) is 2.95. The lowest BCUT2D eigenvalue weighted by Crippen LogP contribution is -1.93. The van der Waals surface area contributed by atoms with Crippen LogP contribution in [0.1, 0.15) is 29.6 Å². The van der Waals surface area contributed by atoms with E-state index >= 15 is 0 Å². The van der Waals surface area contributed by atoms with Gasteiger partial charge in [0, 0.05) is 16.8 Å². The molecule has 0 spiro atoms. The molecular weight excluding hydrogens is 281 g/mol. The minimum atomic E-state index is -0.530. The molecule has 6 heteroatoms. The summed E-state index contributed by atoms with van der Waals surface area (Å²) in [5.74, 6) is 4.99. The van der Waals surface area contributed by atoms with E-state index in [0.29, 0.717) is 28.1 Å². The maximum Gasteiger partial charge on any atom is 0.220 e. The number of halogens is 1. The third kappa shape index (κ3) is 3.25. The van der Waals surface area contributed by atoms with E-state index in [-0.39, 0.29) is 5.69 Å². The number of aromatic amines is 1. The van der Waals surface area contributed by atoms with Crippen LogP contribution in [0, 0.1) is 36.0 Å². The fraction of sp³-hybridized carbons (Fsp3) is 0.125. The Morgan fingerprint density at radius 1 is 1.41 bits per heavy atom. The van der Waals surface area contributed by atoms with Gasteiger partial charge in [0.2, 0.25) is 5.95 Å². The number of nitriles is 1. The van der Waals surface area contributed by atoms with Crippen molar-refractivity contribution in [3.8, 4) is 17.9 Å². The van der Waals surface area contributed by atoms with Crippen LogP contribution in [0.25, 0.3) is 11.1 Å². The molecule has 0 saturated carbocycles. The zero-order valence-electron chi connectivity index (χ0n) is 12.1. The van der Waals surface area contributed by atoms with Gasteiger partial charge in [0.05, 0.1) is 0 Å². The average molecular weight is 293 g/mol. The zero-order chi connectivity index (χ0) is 16.1. The molecule has 0 radical (unpaired) electrons. The number of aryl methyl sites for hydroxylation is 1. The summed E-state index contributed by atoms with van der Waals surface area (Å²) in [6, 6.07) is 5.28. The molecule has 2 heterocycles. The second-order valence-corrected chi connectivity index (χ2v) is 4.50. The second kappa shape index (κ2) is 6.47. The summed E-state index contributed by atoms with van der Waals surface area (Å²) in [5, 5.41) is 18.7. The van der Waals surface area contributed by atoms with E-state index in [1.165, 1.54) is 0 Å². The van der Waals surface area contributed by atoms with Crippen LogP contribution in [0.5, 0.6) is 0 Å². The number of nitrogens with one attached hydrogen (secondary N) is 1. The van der Waals surface area contributed by atoms with E-state index in [9.17, 15) is 4.39 Å². The highest BCUT2D eigenvalue weighted by atomic mass is 19.1. The number of hydrogen-bond acceptors (Lipinski definition) is 4. The summed E-state index contributed by atoms with van der Waals surface area (Å²) in [6.45, 7) is 7.20. The molecule has 0 saturated heterocycles. The van der Waals surface area contributed by atoms with Crippen molar-refractivity contribution in [1.29, 1.82) is 5.26 Å². The molecule has 0 fully saturated rings. The highest BCUT2D eigenvalue weighted by molar-refractivity contribution is 5.78. The largest absolute Gasteiger partial charge is 0.225 e. The number of pyridine rings is 1. The van der Waals surface area contributed by atoms with Crippen LogP contribution in [0.2, 0.25) is 0 Å². The van der Waals surface area contributed by atoms with E-state index in [2.05, 4.69) is 38.8 Å². The molecule has 0 amide bonds. The van der Waals surface area contributed by atoms with Gasteiger partial charge in [0.15, 0.2) is 5.69 Å². The van der Waals surface area contributed by atoms with Gasteiger partial charge in [0.1, 0.15) is 11.8 Å². The molecule has 0 aliphatic heterocycles. The van der Waals surface area contributed by atoms with Crippen LogP contribution in [0.3, 0.4) is 0 Å². The summed E-state index contributed by atoms with van der Waals surface area (Å²) in [7, 11) is 0. The molecule has 0 aliphatic rings. The Morgan fingerprint density at radius 3 is 2.86 bits per heavy atom. The first-order valence-electron chi connectivity index (χ1n) is 6.35. The number of aromatic nitrogens is 4. The SMILES string of the molecule is C=C(C#C/C=C(\C)c1ccc(C)nc1F)c1n[nH]nc1C#N. The Kier molecular flexibility index (Phi) is 4.45. The Morgan fingerprint density at radius 2 is 2.18 bits per heavy atom. The molecule has 0 unspecified atom stereocenters. The quantitative estimate of drug-likeness (QED) is 0.682. The van der Waals surface area contributed by atoms with Gasteiger partial charge in [-0.3, -0.25) is 0 Å². The first-order valence-corrected chi connectivity index (χ1v) is 6.35. The van der Waals surface area contributed by atoms with Crippen molar-refractivity contribution in [2.45, 2.75) is 13.8 Å². The van der Waals surface area contributed by atoms with Crippen LogP contribution < -0.4 is 0 Å². The number of H-pyrrole nitrogens is 1. The molecule has 0 bridgehead atoms. The Hall–Kier alpha value is -3.25. The van der Waals surface area contributed by atoms with E-state index < -0.39 is 5.95 Å². The summed E-state index contributed by atoms with van der Waals surface area (Å²) in [6.07, 6.45) is 1.56. The van der Waals surface area contributed by atoms with E-state index in [4.69, 9.17) is 5.26 Å². The topological polar surface area (TPSA) is 78.2 Å². The van der Waals surface area contributed by atoms with Crippen molar-refractivity contribution >= 4 is 11.1 Å². The van der Waals surface area contributed by atoms with E-state index in [1.54, 1.807) is 32.1 Å². The van der Waals surface area contributed by atoms with E-state index in [0.717, 1.165) is 0 Å². The fourth-order valence-electron chi connectivity index (χ4n) is 1.71. The van der Waals surface area contributed by atoms with Gasteiger partial charge < -0.3 is 0 Å². The molecule has 1 N–H and O–H groups in total. The molecule has 5 nitrogen and oxygen atoms in total. The first kappa shape index (κ1) is 15.1. The molecule has 2 rings (SSSR count). The molecule has 108 valence electrons. The van der Waals surface area contributed by atoms with Crippen molar-refractivity contribution in [1.82, 2.24) is 20.4 Å². The molecule has 22 heavy (non-hydrogen) atoms. The van der Waals surface area contributed by atoms with Crippen LogP contribution in [0.4, 0.5) is 4.39 Å². The van der Waals surface area contributed by atoms with Crippen LogP contribution in [-0.2, 0) is 0 Å². The van der Waals surface area contributed by atoms with Crippen molar-refractivity contribution in [3.63, 3.8) is 0 Å². The van der Waals surface area contributed by atoms with Crippen molar-refractivity contribution in [2.24, 2.45) is 0 Å². The zero-order valence-corrected chi connectivity index (χ0v) is 12.1. The number of rotatable bonds is 2. The maximum absolute atomic E-state index is 13.7. The van der Waals surface area contributed by atoms with Crippen molar-refractivity contribution in [3.05, 3.63) is 53.4 Å². The molecular formula is C16H12FN5. The molecule has 2 aromatic rings. The standard InChI is InChI=1S/C16H12FN5/c1-10(13-8-7-12(3)19-16(13)17)5-4-6-11(2)15-14(9-18)20-22-21-15/h5,7-8H,2H2,1,3H3,(H,20,21,22)/b10-5+. The normalized spacial score (nSPS) is 10.5. The minimum Gasteiger partial charge on any atom is -0.225 e. The van der Waals surface area contributed by atoms with Gasteiger partial charge >= 0.3 is 0 Å². The van der Waals surface area contributed by atoms with Crippen LogP contribution in [-0.4, -0.2) is 20.4 Å². The molecule has 0 aliphatic carbocycles.